The van der Waals surface area contributed by atoms with Crippen LogP contribution >= 0.6 is 0 Å². The van der Waals surface area contributed by atoms with Gasteiger partial charge < -0.3 is 9.30 Å². The maximum absolute atomic E-state index is 5.21. The first-order chi connectivity index (χ1) is 13.3. The molecule has 0 aliphatic heterocycles. The number of ether oxygens (including phenoxy) is 1. The van der Waals surface area contributed by atoms with E-state index >= 15 is 0 Å². The summed E-state index contributed by atoms with van der Waals surface area (Å²) < 4.78 is 9.31. The van der Waals surface area contributed by atoms with E-state index in [1.807, 2.05) is 30.5 Å². The lowest BCUT2D eigenvalue weighted by Gasteiger charge is -2.05. The van der Waals surface area contributed by atoms with E-state index in [0.717, 1.165) is 17.1 Å². The van der Waals surface area contributed by atoms with Gasteiger partial charge in [0.1, 0.15) is 11.4 Å². The average molecular weight is 354 g/mol. The molecule has 0 amide bonds. The molecule has 0 aliphatic carbocycles. The first-order valence-corrected chi connectivity index (χ1v) is 8.85. The van der Waals surface area contributed by atoms with Crippen LogP contribution in [0.25, 0.3) is 27.5 Å². The van der Waals surface area contributed by atoms with Crippen LogP contribution in [0.5, 0.6) is 5.75 Å². The van der Waals surface area contributed by atoms with E-state index in [4.69, 9.17) is 4.74 Å². The molecule has 0 saturated heterocycles. The minimum Gasteiger partial charge on any atom is -0.497 e. The van der Waals surface area contributed by atoms with Crippen molar-refractivity contribution in [2.45, 2.75) is 6.54 Å². The number of nitrogens with zero attached hydrogens (tertiary/aromatic N) is 4. The van der Waals surface area contributed by atoms with Gasteiger partial charge in [-0.15, -0.1) is 5.10 Å². The van der Waals surface area contributed by atoms with E-state index in [1.165, 1.54) is 21.8 Å². The Morgan fingerprint density at radius 3 is 2.07 bits per heavy atom. The molecule has 27 heavy (non-hydrogen) atoms. The number of rotatable bonds is 4. The fraction of sp³-hybridized carbons (Fsp3) is 0.0909. The third-order valence-corrected chi connectivity index (χ3v) is 4.88. The van der Waals surface area contributed by atoms with Crippen LogP contribution in [0, 0.1) is 0 Å². The summed E-state index contributed by atoms with van der Waals surface area (Å²) >= 11 is 0. The molecule has 0 spiro atoms. The van der Waals surface area contributed by atoms with Crippen molar-refractivity contribution in [2.24, 2.45) is 0 Å². The van der Waals surface area contributed by atoms with Gasteiger partial charge in [-0.1, -0.05) is 41.6 Å². The van der Waals surface area contributed by atoms with Crippen LogP contribution in [-0.4, -0.2) is 26.7 Å². The zero-order valence-electron chi connectivity index (χ0n) is 14.9. The molecule has 5 aromatic rings. The summed E-state index contributed by atoms with van der Waals surface area (Å²) in [4.78, 5) is 0. The van der Waals surface area contributed by atoms with Gasteiger partial charge in [-0.05, 0) is 36.4 Å². The van der Waals surface area contributed by atoms with Gasteiger partial charge in [0, 0.05) is 21.8 Å². The summed E-state index contributed by atoms with van der Waals surface area (Å²) in [5, 5.41) is 11.2. The first kappa shape index (κ1) is 15.6. The molecule has 0 aliphatic rings. The fourth-order valence-corrected chi connectivity index (χ4v) is 3.57. The Bertz CT molecular complexity index is 1180. The van der Waals surface area contributed by atoms with Gasteiger partial charge in [0.25, 0.3) is 0 Å². The largest absolute Gasteiger partial charge is 0.497 e. The van der Waals surface area contributed by atoms with Crippen molar-refractivity contribution in [3.8, 4) is 11.4 Å². The highest BCUT2D eigenvalue weighted by atomic mass is 16.5. The summed E-state index contributed by atoms with van der Waals surface area (Å²) in [6.07, 6.45) is 1.98. The second-order valence-corrected chi connectivity index (χ2v) is 6.47. The van der Waals surface area contributed by atoms with Crippen molar-refractivity contribution in [1.29, 1.82) is 0 Å². The molecule has 5 heteroatoms. The average Bonchev–Trinajstić information content (AvgIpc) is 3.32. The van der Waals surface area contributed by atoms with Crippen LogP contribution in [0.15, 0.2) is 79.0 Å². The monoisotopic (exact) mass is 354 g/mol. The Morgan fingerprint density at radius 2 is 1.44 bits per heavy atom. The molecule has 0 unspecified atom stereocenters. The number of benzene rings is 3. The number of para-hydroxylation sites is 2. The summed E-state index contributed by atoms with van der Waals surface area (Å²) in [7, 11) is 1.66. The maximum Gasteiger partial charge on any atom is 0.119 e. The predicted octanol–water partition coefficient (Wildman–Crippen LogP) is 4.43. The van der Waals surface area contributed by atoms with Crippen LogP contribution < -0.4 is 4.74 Å². The van der Waals surface area contributed by atoms with Crippen LogP contribution in [0.4, 0.5) is 0 Å². The highest BCUT2D eigenvalue weighted by molar-refractivity contribution is 6.07. The summed E-state index contributed by atoms with van der Waals surface area (Å²) in [6.45, 7) is 0.671. The highest BCUT2D eigenvalue weighted by Crippen LogP contribution is 2.29. The molecular formula is C22H18N4O. The number of fused-ring (bicyclic) bond motifs is 3. The lowest BCUT2D eigenvalue weighted by atomic mass is 10.2. The smallest absolute Gasteiger partial charge is 0.119 e. The van der Waals surface area contributed by atoms with Gasteiger partial charge in [-0.25, -0.2) is 4.68 Å². The normalized spacial score (nSPS) is 11.3. The predicted molar refractivity (Wildman–Crippen MR) is 106 cm³/mol. The van der Waals surface area contributed by atoms with Crippen LogP contribution in [0.1, 0.15) is 5.69 Å². The molecule has 2 aromatic heterocycles. The van der Waals surface area contributed by atoms with E-state index < -0.39 is 0 Å². The third-order valence-electron chi connectivity index (χ3n) is 4.88. The highest BCUT2D eigenvalue weighted by Gasteiger charge is 2.12. The number of hydrogen-bond donors (Lipinski definition) is 0. The molecule has 132 valence electrons. The van der Waals surface area contributed by atoms with Crippen molar-refractivity contribution in [2.75, 3.05) is 7.11 Å². The van der Waals surface area contributed by atoms with Gasteiger partial charge in [0.05, 0.1) is 25.5 Å². The van der Waals surface area contributed by atoms with Crippen molar-refractivity contribution in [3.05, 3.63) is 84.7 Å². The molecule has 0 fully saturated rings. The second-order valence-electron chi connectivity index (χ2n) is 6.47. The van der Waals surface area contributed by atoms with Crippen molar-refractivity contribution >= 4 is 21.8 Å². The number of aromatic nitrogens is 4. The molecular weight excluding hydrogens is 336 g/mol. The molecule has 3 aromatic carbocycles. The first-order valence-electron chi connectivity index (χ1n) is 8.85. The molecule has 0 bridgehead atoms. The quantitative estimate of drug-likeness (QED) is 0.479. The van der Waals surface area contributed by atoms with Gasteiger partial charge in [-0.2, -0.15) is 0 Å². The van der Waals surface area contributed by atoms with E-state index in [1.54, 1.807) is 11.8 Å². The SMILES string of the molecule is COc1ccc(-n2cc(Cn3c4ccccc4c4ccccc43)nn2)cc1. The molecule has 0 N–H and O–H groups in total. The second kappa shape index (κ2) is 6.29. The Morgan fingerprint density at radius 1 is 0.815 bits per heavy atom. The van der Waals surface area contributed by atoms with Crippen LogP contribution in [0.3, 0.4) is 0 Å². The van der Waals surface area contributed by atoms with E-state index in [9.17, 15) is 0 Å². The molecule has 5 rings (SSSR count). The van der Waals surface area contributed by atoms with Gasteiger partial charge >= 0.3 is 0 Å². The van der Waals surface area contributed by atoms with Gasteiger partial charge in [-0.3, -0.25) is 0 Å². The van der Waals surface area contributed by atoms with Crippen molar-refractivity contribution in [3.63, 3.8) is 0 Å². The minimum absolute atomic E-state index is 0.671. The molecule has 0 atom stereocenters. The maximum atomic E-state index is 5.21. The van der Waals surface area contributed by atoms with Crippen molar-refractivity contribution < 1.29 is 4.74 Å². The lowest BCUT2D eigenvalue weighted by Crippen LogP contribution is -1.99. The fourth-order valence-electron chi connectivity index (χ4n) is 3.57. The molecule has 0 saturated carbocycles. The van der Waals surface area contributed by atoms with Gasteiger partial charge in [0.15, 0.2) is 0 Å². The molecule has 2 heterocycles. The Labute approximate surface area is 156 Å². The van der Waals surface area contributed by atoms with Crippen molar-refractivity contribution in [1.82, 2.24) is 19.6 Å². The Balaban J connectivity index is 1.55. The Kier molecular flexibility index (Phi) is 3.64. The topological polar surface area (TPSA) is 44.9 Å². The molecule has 5 nitrogen and oxygen atoms in total. The zero-order valence-corrected chi connectivity index (χ0v) is 14.9. The Hall–Kier alpha value is -3.60. The van der Waals surface area contributed by atoms with E-state index in [-0.39, 0.29) is 0 Å². The molecule has 0 radical (unpaired) electrons. The minimum atomic E-state index is 0.671. The zero-order chi connectivity index (χ0) is 18.2. The van der Waals surface area contributed by atoms with Crippen LogP contribution in [0.2, 0.25) is 0 Å². The van der Waals surface area contributed by atoms with E-state index in [0.29, 0.717) is 6.54 Å². The summed E-state index contributed by atoms with van der Waals surface area (Å²) in [6, 6.07) is 24.7. The number of hydrogen-bond acceptors (Lipinski definition) is 3. The van der Waals surface area contributed by atoms with E-state index in [2.05, 4.69) is 63.4 Å². The summed E-state index contributed by atoms with van der Waals surface area (Å²) in [5.74, 6) is 0.823. The van der Waals surface area contributed by atoms with Gasteiger partial charge in [0.2, 0.25) is 0 Å². The number of methoxy groups -OCH3 is 1. The van der Waals surface area contributed by atoms with Crippen LogP contribution in [-0.2, 0) is 6.54 Å². The summed E-state index contributed by atoms with van der Waals surface area (Å²) in [5.41, 5.74) is 4.28. The standard InChI is InChI=1S/C22H18N4O/c1-27-18-12-10-17(11-13-18)26-15-16(23-24-26)14-25-21-8-4-2-6-19(21)20-7-3-5-9-22(20)25/h2-13,15H,14H2,1H3. The lowest BCUT2D eigenvalue weighted by molar-refractivity contribution is 0.414. The third kappa shape index (κ3) is 2.64.